The van der Waals surface area contributed by atoms with Crippen LogP contribution in [0.3, 0.4) is 0 Å². The van der Waals surface area contributed by atoms with Crippen LogP contribution in [-0.4, -0.2) is 67.8 Å². The number of unbranched alkanes of at least 4 members (excludes halogenated alkanes) is 1. The Morgan fingerprint density at radius 2 is 1.88 bits per heavy atom. The smallest absolute Gasteiger partial charge is 0.228 e. The second kappa shape index (κ2) is 11.7. The van der Waals surface area contributed by atoms with E-state index in [0.717, 1.165) is 40.1 Å². The third-order valence-corrected chi connectivity index (χ3v) is 7.92. The third kappa shape index (κ3) is 6.07. The molecule has 1 fully saturated rings. The molecule has 2 amide bonds. The molecule has 1 aromatic carbocycles. The Kier molecular flexibility index (Phi) is 8.39. The van der Waals surface area contributed by atoms with Crippen LogP contribution in [0.5, 0.6) is 0 Å². The zero-order valence-corrected chi connectivity index (χ0v) is 21.4. The van der Waals surface area contributed by atoms with E-state index in [4.69, 9.17) is 0 Å². The lowest BCUT2D eigenvalue weighted by Crippen LogP contribution is -2.55. The molecule has 1 saturated heterocycles. The van der Waals surface area contributed by atoms with Crippen molar-refractivity contribution in [2.45, 2.75) is 50.7 Å². The van der Waals surface area contributed by atoms with E-state index in [1.807, 2.05) is 59.4 Å². The van der Waals surface area contributed by atoms with Crippen LogP contribution >= 0.6 is 23.1 Å². The minimum Gasteiger partial charge on any atom is -0.339 e. The standard InChI is InChI=1S/C25H31N5O2S2/c1-19-18-28(13-14-29(19)24(32)17-22-11-8-16-33-22)23(31)12-6-7-15-34-25-27-26-20(2)30(25)21-9-4-3-5-10-21/h3-5,8-11,16,19H,6-7,12-15,17-18H2,1-2H3. The first kappa shape index (κ1) is 24.5. The molecular formula is C25H31N5O2S2. The molecule has 180 valence electrons. The van der Waals surface area contributed by atoms with Crippen molar-refractivity contribution in [1.82, 2.24) is 24.6 Å². The van der Waals surface area contributed by atoms with Gasteiger partial charge in [-0.1, -0.05) is 36.0 Å². The second-order valence-electron chi connectivity index (χ2n) is 8.54. The van der Waals surface area contributed by atoms with Crippen LogP contribution in [0, 0.1) is 6.92 Å². The molecule has 1 aliphatic heterocycles. The summed E-state index contributed by atoms with van der Waals surface area (Å²) in [5.41, 5.74) is 1.06. The number of thioether (sulfide) groups is 1. The van der Waals surface area contributed by atoms with Crippen molar-refractivity contribution in [3.8, 4) is 5.69 Å². The Balaban J connectivity index is 1.18. The van der Waals surface area contributed by atoms with Crippen LogP contribution < -0.4 is 0 Å². The molecule has 2 aromatic heterocycles. The zero-order chi connectivity index (χ0) is 23.9. The zero-order valence-electron chi connectivity index (χ0n) is 19.7. The summed E-state index contributed by atoms with van der Waals surface area (Å²) in [7, 11) is 0. The number of nitrogens with zero attached hydrogens (tertiary/aromatic N) is 5. The van der Waals surface area contributed by atoms with Gasteiger partial charge < -0.3 is 9.80 Å². The summed E-state index contributed by atoms with van der Waals surface area (Å²) in [5.74, 6) is 2.09. The summed E-state index contributed by atoms with van der Waals surface area (Å²) in [6.07, 6.45) is 2.77. The summed E-state index contributed by atoms with van der Waals surface area (Å²) in [5, 5.41) is 11.4. The molecule has 1 aliphatic rings. The van der Waals surface area contributed by atoms with E-state index in [1.54, 1.807) is 23.1 Å². The number of para-hydroxylation sites is 1. The van der Waals surface area contributed by atoms with Crippen molar-refractivity contribution < 1.29 is 9.59 Å². The van der Waals surface area contributed by atoms with Crippen LogP contribution in [0.25, 0.3) is 5.69 Å². The van der Waals surface area contributed by atoms with Gasteiger partial charge in [-0.15, -0.1) is 21.5 Å². The quantitative estimate of drug-likeness (QED) is 0.327. The fourth-order valence-corrected chi connectivity index (χ4v) is 5.92. The van der Waals surface area contributed by atoms with E-state index in [9.17, 15) is 9.59 Å². The minimum atomic E-state index is 0.0494. The van der Waals surface area contributed by atoms with Gasteiger partial charge in [0.2, 0.25) is 11.8 Å². The molecule has 0 N–H and O–H groups in total. The van der Waals surface area contributed by atoms with Crippen molar-refractivity contribution in [2.24, 2.45) is 0 Å². The predicted molar refractivity (Wildman–Crippen MR) is 136 cm³/mol. The summed E-state index contributed by atoms with van der Waals surface area (Å²) in [6, 6.07) is 14.1. The average molecular weight is 498 g/mol. The van der Waals surface area contributed by atoms with Crippen molar-refractivity contribution in [2.75, 3.05) is 25.4 Å². The first-order valence-electron chi connectivity index (χ1n) is 11.7. The Bertz CT molecular complexity index is 1080. The van der Waals surface area contributed by atoms with E-state index in [-0.39, 0.29) is 17.9 Å². The Hall–Kier alpha value is -2.65. The van der Waals surface area contributed by atoms with Gasteiger partial charge in [0.05, 0.1) is 6.42 Å². The molecule has 7 nitrogen and oxygen atoms in total. The molecule has 0 bridgehead atoms. The van der Waals surface area contributed by atoms with Crippen LogP contribution in [0.4, 0.5) is 0 Å². The van der Waals surface area contributed by atoms with E-state index in [2.05, 4.69) is 26.9 Å². The molecule has 0 saturated carbocycles. The maximum Gasteiger partial charge on any atom is 0.228 e. The van der Waals surface area contributed by atoms with Gasteiger partial charge in [-0.2, -0.15) is 0 Å². The van der Waals surface area contributed by atoms with Crippen LogP contribution in [-0.2, 0) is 16.0 Å². The van der Waals surface area contributed by atoms with Gasteiger partial charge in [0.1, 0.15) is 5.82 Å². The Morgan fingerprint density at radius 3 is 2.62 bits per heavy atom. The highest BCUT2D eigenvalue weighted by atomic mass is 32.2. The van der Waals surface area contributed by atoms with E-state index >= 15 is 0 Å². The third-order valence-electron chi connectivity index (χ3n) is 6.03. The van der Waals surface area contributed by atoms with Crippen LogP contribution in [0.2, 0.25) is 0 Å². The molecule has 4 rings (SSSR count). The number of aromatic nitrogens is 3. The molecule has 0 radical (unpaired) electrons. The highest BCUT2D eigenvalue weighted by molar-refractivity contribution is 7.99. The normalized spacial score (nSPS) is 16.1. The number of carbonyl (C=O) groups excluding carboxylic acids is 2. The lowest BCUT2D eigenvalue weighted by molar-refractivity contribution is -0.142. The molecule has 1 atom stereocenters. The fourth-order valence-electron chi connectivity index (χ4n) is 4.23. The SMILES string of the molecule is Cc1nnc(SCCCCC(=O)N2CCN(C(=O)Cc3cccs3)C(C)C2)n1-c1ccccc1. The van der Waals surface area contributed by atoms with Crippen molar-refractivity contribution in [3.05, 3.63) is 58.5 Å². The monoisotopic (exact) mass is 497 g/mol. The first-order valence-corrected chi connectivity index (χ1v) is 13.6. The van der Waals surface area contributed by atoms with Crippen LogP contribution in [0.15, 0.2) is 53.0 Å². The molecule has 0 aliphatic carbocycles. The number of benzene rings is 1. The Morgan fingerprint density at radius 1 is 1.06 bits per heavy atom. The maximum atomic E-state index is 12.7. The molecule has 0 spiro atoms. The van der Waals surface area contributed by atoms with Gasteiger partial charge in [-0.05, 0) is 50.3 Å². The number of aryl methyl sites for hydroxylation is 1. The topological polar surface area (TPSA) is 71.3 Å². The lowest BCUT2D eigenvalue weighted by atomic mass is 10.1. The van der Waals surface area contributed by atoms with Gasteiger partial charge >= 0.3 is 0 Å². The molecule has 1 unspecified atom stereocenters. The van der Waals surface area contributed by atoms with Gasteiger partial charge in [-0.25, -0.2) is 0 Å². The number of rotatable bonds is 9. The van der Waals surface area contributed by atoms with Gasteiger partial charge in [-0.3, -0.25) is 14.2 Å². The van der Waals surface area contributed by atoms with Crippen LogP contribution in [0.1, 0.15) is 36.9 Å². The fraction of sp³-hybridized carbons (Fsp3) is 0.440. The average Bonchev–Trinajstić information content (AvgIpc) is 3.48. The highest BCUT2D eigenvalue weighted by Crippen LogP contribution is 2.23. The minimum absolute atomic E-state index is 0.0494. The molecule has 34 heavy (non-hydrogen) atoms. The highest BCUT2D eigenvalue weighted by Gasteiger charge is 2.29. The predicted octanol–water partition coefficient (Wildman–Crippen LogP) is 4.20. The second-order valence-corrected chi connectivity index (χ2v) is 10.6. The number of amides is 2. The molecular weight excluding hydrogens is 466 g/mol. The van der Waals surface area contributed by atoms with Gasteiger partial charge in [0.25, 0.3) is 0 Å². The lowest BCUT2D eigenvalue weighted by Gasteiger charge is -2.40. The van der Waals surface area contributed by atoms with E-state index < -0.39 is 0 Å². The number of hydrogen-bond acceptors (Lipinski definition) is 6. The van der Waals surface area contributed by atoms with Crippen molar-refractivity contribution in [1.29, 1.82) is 0 Å². The first-order chi connectivity index (χ1) is 16.5. The number of carbonyl (C=O) groups is 2. The number of thiophene rings is 1. The van der Waals surface area contributed by atoms with Gasteiger partial charge in [0.15, 0.2) is 5.16 Å². The van der Waals surface area contributed by atoms with E-state index in [0.29, 0.717) is 32.5 Å². The summed E-state index contributed by atoms with van der Waals surface area (Å²) in [4.78, 5) is 30.3. The summed E-state index contributed by atoms with van der Waals surface area (Å²) in [6.45, 7) is 5.84. The molecule has 9 heteroatoms. The molecule has 3 aromatic rings. The van der Waals surface area contributed by atoms with Gasteiger partial charge in [0, 0.05) is 48.4 Å². The summed E-state index contributed by atoms with van der Waals surface area (Å²) < 4.78 is 2.07. The Labute approximate surface area is 209 Å². The van der Waals surface area contributed by atoms with E-state index in [1.165, 1.54) is 0 Å². The number of hydrogen-bond donors (Lipinski definition) is 0. The summed E-state index contributed by atoms with van der Waals surface area (Å²) >= 11 is 3.29. The van der Waals surface area contributed by atoms with Crippen molar-refractivity contribution in [3.63, 3.8) is 0 Å². The largest absolute Gasteiger partial charge is 0.339 e. The number of piperazine rings is 1. The van der Waals surface area contributed by atoms with Crippen molar-refractivity contribution >= 4 is 34.9 Å². The maximum absolute atomic E-state index is 12.7. The molecule has 3 heterocycles.